The zero-order valence-electron chi connectivity index (χ0n) is 18.3. The highest BCUT2D eigenvalue weighted by Gasteiger charge is 2.38. The van der Waals surface area contributed by atoms with Gasteiger partial charge < -0.3 is 0 Å². The Labute approximate surface area is 182 Å². The molecule has 2 aromatic carbocycles. The van der Waals surface area contributed by atoms with E-state index in [0.717, 1.165) is 12.8 Å². The number of allylic oxidation sites excluding steroid dienone is 4. The van der Waals surface area contributed by atoms with Crippen LogP contribution in [0, 0.1) is 0 Å². The molecule has 0 bridgehead atoms. The van der Waals surface area contributed by atoms with Crippen LogP contribution in [-0.4, -0.2) is 0 Å². The van der Waals surface area contributed by atoms with Crippen molar-refractivity contribution in [1.29, 1.82) is 0 Å². The highest BCUT2D eigenvalue weighted by molar-refractivity contribution is 5.83. The second-order valence-electron chi connectivity index (χ2n) is 7.00. The Bertz CT molecular complexity index is 655. The van der Waals surface area contributed by atoms with Crippen LogP contribution in [0.25, 0.3) is 11.1 Å². The molecule has 29 heavy (non-hydrogen) atoms. The molecule has 1 aliphatic carbocycles. The minimum absolute atomic E-state index is 0. The van der Waals surface area contributed by atoms with Gasteiger partial charge in [0.15, 0.2) is 0 Å². The van der Waals surface area contributed by atoms with Gasteiger partial charge >= 0.3 is 0 Å². The first-order valence-corrected chi connectivity index (χ1v) is 10.7. The smallest absolute Gasteiger partial charge is 0.0574 e. The highest BCUT2D eigenvalue weighted by atomic mass is 14.4. The van der Waals surface area contributed by atoms with Crippen molar-refractivity contribution in [2.75, 3.05) is 0 Å². The summed E-state index contributed by atoms with van der Waals surface area (Å²) in [5.74, 6) is 0. The molecule has 0 amide bonds. The molecule has 0 unspecified atom stereocenters. The second kappa shape index (κ2) is 15.8. The first kappa shape index (κ1) is 29.1. The number of benzene rings is 2. The van der Waals surface area contributed by atoms with E-state index in [1.807, 2.05) is 0 Å². The van der Waals surface area contributed by atoms with Gasteiger partial charge in [0.25, 0.3) is 0 Å². The van der Waals surface area contributed by atoms with Gasteiger partial charge in [-0.15, -0.1) is 0 Å². The van der Waals surface area contributed by atoms with Gasteiger partial charge in [0.05, 0.1) is 5.41 Å². The second-order valence-corrected chi connectivity index (χ2v) is 7.00. The monoisotopic (exact) mass is 394 g/mol. The molecule has 0 atom stereocenters. The number of hydrogen-bond acceptors (Lipinski definition) is 0. The van der Waals surface area contributed by atoms with Crippen LogP contribution in [0.5, 0.6) is 0 Å². The summed E-state index contributed by atoms with van der Waals surface area (Å²) in [6.45, 7) is 12.9. The molecule has 0 nitrogen and oxygen atoms in total. The van der Waals surface area contributed by atoms with Crippen molar-refractivity contribution in [2.45, 2.75) is 87.5 Å². The van der Waals surface area contributed by atoms with Crippen LogP contribution in [0.1, 0.15) is 93.2 Å². The molecular weight excluding hydrogens is 348 g/mol. The average molecular weight is 395 g/mol. The molecule has 1 aliphatic rings. The molecule has 0 heterocycles. The minimum atomic E-state index is -0.0980. The normalized spacial score (nSPS) is 12.5. The van der Waals surface area contributed by atoms with Crippen LogP contribution < -0.4 is 0 Å². The average Bonchev–Trinajstić information content (AvgIpc) is 2.97. The zero-order chi connectivity index (χ0) is 20.1. The lowest BCUT2D eigenvalue weighted by Gasteiger charge is -2.25. The third-order valence-electron chi connectivity index (χ3n) is 4.27. The van der Waals surface area contributed by atoms with Gasteiger partial charge in [0.1, 0.15) is 0 Å². The fraction of sp³-hybridized carbons (Fsp3) is 0.448. The van der Waals surface area contributed by atoms with Gasteiger partial charge in [-0.05, 0) is 35.1 Å². The number of rotatable bonds is 4. The quantitative estimate of drug-likeness (QED) is 0.452. The van der Waals surface area contributed by atoms with Crippen molar-refractivity contribution >= 4 is 0 Å². The highest BCUT2D eigenvalue weighted by Crippen LogP contribution is 2.50. The van der Waals surface area contributed by atoms with E-state index in [9.17, 15) is 0 Å². The maximum absolute atomic E-state index is 2.38. The summed E-state index contributed by atoms with van der Waals surface area (Å²) in [5, 5.41) is 0. The van der Waals surface area contributed by atoms with Crippen LogP contribution in [0.15, 0.2) is 72.8 Å². The van der Waals surface area contributed by atoms with Crippen molar-refractivity contribution < 1.29 is 0 Å². The Balaban J connectivity index is 0. The fourth-order valence-corrected chi connectivity index (χ4v) is 3.32. The molecule has 0 spiro atoms. The Hall–Kier alpha value is -2.08. The SMILES string of the molecule is C.C.CCC.CCC.CCC=CC1(C=CCC)c2ccccc2-c2ccccc21. The van der Waals surface area contributed by atoms with E-state index in [0.29, 0.717) is 0 Å². The summed E-state index contributed by atoms with van der Waals surface area (Å²) in [6.07, 6.45) is 14.0. The summed E-state index contributed by atoms with van der Waals surface area (Å²) in [4.78, 5) is 0. The molecule has 162 valence electrons. The predicted octanol–water partition coefficient (Wildman–Crippen LogP) is 9.99. The third kappa shape index (κ3) is 7.03. The van der Waals surface area contributed by atoms with Gasteiger partial charge in [0.2, 0.25) is 0 Å². The molecule has 0 saturated carbocycles. The Morgan fingerprint density at radius 1 is 0.586 bits per heavy atom. The van der Waals surface area contributed by atoms with Crippen LogP contribution in [-0.2, 0) is 5.41 Å². The molecule has 2 aromatic rings. The molecule has 0 N–H and O–H groups in total. The number of hydrogen-bond donors (Lipinski definition) is 0. The van der Waals surface area contributed by atoms with Crippen molar-refractivity contribution in [3.63, 3.8) is 0 Å². The minimum Gasteiger partial charge on any atom is -0.0873 e. The fourth-order valence-electron chi connectivity index (χ4n) is 3.32. The van der Waals surface area contributed by atoms with Crippen molar-refractivity contribution in [2.24, 2.45) is 0 Å². The van der Waals surface area contributed by atoms with E-state index in [-0.39, 0.29) is 20.3 Å². The molecule has 0 radical (unpaired) electrons. The van der Waals surface area contributed by atoms with Crippen LogP contribution in [0.4, 0.5) is 0 Å². The lowest BCUT2D eigenvalue weighted by Crippen LogP contribution is -2.19. The molecule has 0 saturated heterocycles. The van der Waals surface area contributed by atoms with Crippen molar-refractivity contribution in [3.05, 3.63) is 84.0 Å². The maximum atomic E-state index is 2.38. The molecule has 0 aromatic heterocycles. The molecular formula is C29H46. The first-order chi connectivity index (χ1) is 13.2. The Morgan fingerprint density at radius 2 is 0.897 bits per heavy atom. The largest absolute Gasteiger partial charge is 0.0873 e. The summed E-state index contributed by atoms with van der Waals surface area (Å²) in [6, 6.07) is 17.6. The van der Waals surface area contributed by atoms with Crippen LogP contribution >= 0.6 is 0 Å². The molecule has 0 fully saturated rings. The van der Waals surface area contributed by atoms with E-state index in [1.54, 1.807) is 0 Å². The summed E-state index contributed by atoms with van der Waals surface area (Å²) >= 11 is 0. The van der Waals surface area contributed by atoms with Crippen LogP contribution in [0.3, 0.4) is 0 Å². The van der Waals surface area contributed by atoms with Gasteiger partial charge in [-0.3, -0.25) is 0 Å². The van der Waals surface area contributed by atoms with E-state index in [1.165, 1.54) is 35.1 Å². The van der Waals surface area contributed by atoms with E-state index >= 15 is 0 Å². The molecule has 0 aliphatic heterocycles. The Kier molecular flexibility index (Phi) is 15.9. The summed E-state index contributed by atoms with van der Waals surface area (Å²) < 4.78 is 0. The zero-order valence-corrected chi connectivity index (χ0v) is 18.3. The maximum Gasteiger partial charge on any atom is 0.0574 e. The van der Waals surface area contributed by atoms with Gasteiger partial charge in [-0.1, -0.05) is 142 Å². The summed E-state index contributed by atoms with van der Waals surface area (Å²) in [7, 11) is 0. The predicted molar refractivity (Wildman–Crippen MR) is 137 cm³/mol. The topological polar surface area (TPSA) is 0 Å². The lowest BCUT2D eigenvalue weighted by molar-refractivity contribution is 0.832. The van der Waals surface area contributed by atoms with E-state index in [2.05, 4.69) is 114 Å². The van der Waals surface area contributed by atoms with Gasteiger partial charge in [-0.2, -0.15) is 0 Å². The van der Waals surface area contributed by atoms with Crippen molar-refractivity contribution in [1.82, 2.24) is 0 Å². The molecule has 3 rings (SSSR count). The van der Waals surface area contributed by atoms with Crippen LogP contribution in [0.2, 0.25) is 0 Å². The van der Waals surface area contributed by atoms with Gasteiger partial charge in [-0.25, -0.2) is 0 Å². The van der Waals surface area contributed by atoms with E-state index < -0.39 is 0 Å². The lowest BCUT2D eigenvalue weighted by atomic mass is 9.77. The van der Waals surface area contributed by atoms with Crippen molar-refractivity contribution in [3.8, 4) is 11.1 Å². The Morgan fingerprint density at radius 3 is 1.21 bits per heavy atom. The standard InChI is InChI=1S/C21H22.2C3H8.2CH4/c1-3-5-15-21(16-6-4-2)19-13-9-7-11-17(19)18-12-8-10-14-20(18)21;2*1-3-2;;/h5-16H,3-4H2,1-2H3;2*3H2,1-2H3;2*1H4. The first-order valence-electron chi connectivity index (χ1n) is 10.7. The number of fused-ring (bicyclic) bond motifs is 3. The van der Waals surface area contributed by atoms with E-state index in [4.69, 9.17) is 0 Å². The third-order valence-corrected chi connectivity index (χ3v) is 4.27. The summed E-state index contributed by atoms with van der Waals surface area (Å²) in [5.41, 5.74) is 5.45. The van der Waals surface area contributed by atoms with Gasteiger partial charge in [0, 0.05) is 0 Å². The molecule has 0 heteroatoms.